The second-order valence-electron chi connectivity index (χ2n) is 5.38. The molecule has 6 heteroatoms. The number of nitrogens with zero attached hydrogens (tertiary/aromatic N) is 2. The minimum atomic E-state index is -0.892. The van der Waals surface area contributed by atoms with Crippen LogP contribution in [0.25, 0.3) is 0 Å². The lowest BCUT2D eigenvalue weighted by Gasteiger charge is -2.36. The van der Waals surface area contributed by atoms with Crippen LogP contribution in [-0.4, -0.2) is 66.3 Å². The Morgan fingerprint density at radius 2 is 2.00 bits per heavy atom. The molecule has 2 aliphatic rings. The number of carbonyl (C=O) groups is 2. The van der Waals surface area contributed by atoms with Crippen molar-refractivity contribution in [3.05, 3.63) is 0 Å². The van der Waals surface area contributed by atoms with Crippen LogP contribution in [0, 0.1) is 5.92 Å². The molecule has 2 fully saturated rings. The fourth-order valence-corrected chi connectivity index (χ4v) is 3.04. The standard InChI is InChI=1S/C13H22N2O4/c1-19-9-10-4-2-6-14(8-10)13(18)15-7-3-5-11(15)12(16)17/h10-11H,2-9H2,1H3,(H,16,17). The number of rotatable bonds is 3. The number of piperidine rings is 1. The van der Waals surface area contributed by atoms with Crippen molar-refractivity contribution in [3.63, 3.8) is 0 Å². The number of amides is 2. The van der Waals surface area contributed by atoms with Gasteiger partial charge in [0.1, 0.15) is 6.04 Å². The van der Waals surface area contributed by atoms with Crippen LogP contribution in [-0.2, 0) is 9.53 Å². The highest BCUT2D eigenvalue weighted by Gasteiger charge is 2.37. The molecule has 0 radical (unpaired) electrons. The summed E-state index contributed by atoms with van der Waals surface area (Å²) in [5, 5.41) is 9.13. The first-order chi connectivity index (χ1) is 9.13. The number of ether oxygens (including phenoxy) is 1. The molecule has 6 nitrogen and oxygen atoms in total. The van der Waals surface area contributed by atoms with Gasteiger partial charge in [-0.05, 0) is 25.7 Å². The van der Waals surface area contributed by atoms with Gasteiger partial charge in [-0.2, -0.15) is 0 Å². The van der Waals surface area contributed by atoms with E-state index in [1.807, 2.05) is 0 Å². The number of hydrogen-bond donors (Lipinski definition) is 1. The molecular weight excluding hydrogens is 248 g/mol. The molecular formula is C13H22N2O4. The highest BCUT2D eigenvalue weighted by Crippen LogP contribution is 2.23. The van der Waals surface area contributed by atoms with Crippen molar-refractivity contribution >= 4 is 12.0 Å². The summed E-state index contributed by atoms with van der Waals surface area (Å²) in [6.07, 6.45) is 3.37. The first-order valence-corrected chi connectivity index (χ1v) is 6.90. The van der Waals surface area contributed by atoms with Gasteiger partial charge in [-0.3, -0.25) is 0 Å². The van der Waals surface area contributed by atoms with Crippen molar-refractivity contribution in [2.24, 2.45) is 5.92 Å². The van der Waals surface area contributed by atoms with Crippen LogP contribution in [0.3, 0.4) is 0 Å². The van der Waals surface area contributed by atoms with Gasteiger partial charge in [-0.1, -0.05) is 0 Å². The van der Waals surface area contributed by atoms with E-state index in [0.717, 1.165) is 25.8 Å². The zero-order chi connectivity index (χ0) is 13.8. The zero-order valence-corrected chi connectivity index (χ0v) is 11.4. The van der Waals surface area contributed by atoms with E-state index < -0.39 is 12.0 Å². The van der Waals surface area contributed by atoms with Crippen molar-refractivity contribution in [2.75, 3.05) is 33.4 Å². The Kier molecular flexibility index (Phi) is 4.63. The monoisotopic (exact) mass is 270 g/mol. The van der Waals surface area contributed by atoms with Gasteiger partial charge in [-0.15, -0.1) is 0 Å². The van der Waals surface area contributed by atoms with E-state index in [9.17, 15) is 9.59 Å². The number of methoxy groups -OCH3 is 1. The molecule has 1 N–H and O–H groups in total. The summed E-state index contributed by atoms with van der Waals surface area (Å²) in [7, 11) is 1.67. The van der Waals surface area contributed by atoms with E-state index in [1.54, 1.807) is 12.0 Å². The average molecular weight is 270 g/mol. The molecule has 0 aromatic carbocycles. The van der Waals surface area contributed by atoms with Gasteiger partial charge in [0, 0.05) is 32.7 Å². The van der Waals surface area contributed by atoms with E-state index in [4.69, 9.17) is 9.84 Å². The van der Waals surface area contributed by atoms with Crippen LogP contribution in [0.5, 0.6) is 0 Å². The number of carboxylic acids is 1. The van der Waals surface area contributed by atoms with Gasteiger partial charge < -0.3 is 19.6 Å². The first-order valence-electron chi connectivity index (χ1n) is 6.90. The van der Waals surface area contributed by atoms with Crippen LogP contribution in [0.15, 0.2) is 0 Å². The largest absolute Gasteiger partial charge is 0.480 e. The maximum atomic E-state index is 12.4. The number of carboxylic acid groups (broad SMARTS) is 1. The Balaban J connectivity index is 1.96. The molecule has 2 saturated heterocycles. The van der Waals surface area contributed by atoms with Gasteiger partial charge >= 0.3 is 12.0 Å². The summed E-state index contributed by atoms with van der Waals surface area (Å²) in [6.45, 7) is 2.62. The normalized spacial score (nSPS) is 27.6. The SMILES string of the molecule is COCC1CCCN(C(=O)N2CCCC2C(=O)O)C1. The molecule has 2 unspecified atom stereocenters. The van der Waals surface area contributed by atoms with Crippen molar-refractivity contribution < 1.29 is 19.4 Å². The number of hydrogen-bond acceptors (Lipinski definition) is 3. The topological polar surface area (TPSA) is 70.1 Å². The summed E-state index contributed by atoms with van der Waals surface area (Å²) in [4.78, 5) is 26.8. The van der Waals surface area contributed by atoms with E-state index >= 15 is 0 Å². The molecule has 2 atom stereocenters. The van der Waals surface area contributed by atoms with Crippen molar-refractivity contribution in [1.82, 2.24) is 9.80 Å². The van der Waals surface area contributed by atoms with Crippen LogP contribution in [0.2, 0.25) is 0 Å². The number of urea groups is 1. The number of carbonyl (C=O) groups excluding carboxylic acids is 1. The highest BCUT2D eigenvalue weighted by atomic mass is 16.5. The molecule has 0 aromatic heterocycles. The van der Waals surface area contributed by atoms with Crippen LogP contribution < -0.4 is 0 Å². The third-order valence-corrected chi connectivity index (χ3v) is 3.98. The highest BCUT2D eigenvalue weighted by molar-refractivity contribution is 5.83. The van der Waals surface area contributed by atoms with Gasteiger partial charge in [0.05, 0.1) is 6.61 Å². The number of likely N-dealkylation sites (tertiary alicyclic amines) is 2. The fraction of sp³-hybridized carbons (Fsp3) is 0.846. The molecule has 0 saturated carbocycles. The first kappa shape index (κ1) is 14.1. The average Bonchev–Trinajstić information content (AvgIpc) is 2.88. The fourth-order valence-electron chi connectivity index (χ4n) is 3.04. The maximum absolute atomic E-state index is 12.4. The van der Waals surface area contributed by atoms with E-state index in [2.05, 4.69) is 0 Å². The second-order valence-corrected chi connectivity index (χ2v) is 5.38. The zero-order valence-electron chi connectivity index (χ0n) is 11.4. The van der Waals surface area contributed by atoms with Crippen molar-refractivity contribution in [3.8, 4) is 0 Å². The molecule has 0 aliphatic carbocycles. The predicted octanol–water partition coefficient (Wildman–Crippen LogP) is 1.01. The van der Waals surface area contributed by atoms with Crippen LogP contribution in [0.1, 0.15) is 25.7 Å². The minimum absolute atomic E-state index is 0.120. The molecule has 2 heterocycles. The Morgan fingerprint density at radius 3 is 2.68 bits per heavy atom. The van der Waals surface area contributed by atoms with Crippen LogP contribution in [0.4, 0.5) is 4.79 Å². The van der Waals surface area contributed by atoms with Gasteiger partial charge in [-0.25, -0.2) is 9.59 Å². The summed E-state index contributed by atoms with van der Waals surface area (Å²) in [5.41, 5.74) is 0. The Labute approximate surface area is 113 Å². The lowest BCUT2D eigenvalue weighted by Crippen LogP contribution is -2.51. The van der Waals surface area contributed by atoms with Crippen LogP contribution >= 0.6 is 0 Å². The Hall–Kier alpha value is -1.30. The molecule has 108 valence electrons. The van der Waals surface area contributed by atoms with Crippen molar-refractivity contribution in [1.29, 1.82) is 0 Å². The summed E-state index contributed by atoms with van der Waals surface area (Å²) in [6, 6.07) is -0.763. The molecule has 0 bridgehead atoms. The molecule has 19 heavy (non-hydrogen) atoms. The van der Waals surface area contributed by atoms with Gasteiger partial charge in [0.2, 0.25) is 0 Å². The summed E-state index contributed by atoms with van der Waals surface area (Å²) in [5.74, 6) is -0.523. The second kappa shape index (κ2) is 6.23. The Morgan fingerprint density at radius 1 is 1.26 bits per heavy atom. The third-order valence-electron chi connectivity index (χ3n) is 3.98. The molecule has 2 amide bonds. The lowest BCUT2D eigenvalue weighted by molar-refractivity contribution is -0.141. The minimum Gasteiger partial charge on any atom is -0.480 e. The molecule has 2 rings (SSSR count). The molecule has 0 aromatic rings. The predicted molar refractivity (Wildman–Crippen MR) is 68.9 cm³/mol. The summed E-state index contributed by atoms with van der Waals surface area (Å²) < 4.78 is 5.15. The number of aliphatic carboxylic acids is 1. The van der Waals surface area contributed by atoms with E-state index in [-0.39, 0.29) is 6.03 Å². The Bertz CT molecular complexity index is 346. The van der Waals surface area contributed by atoms with Gasteiger partial charge in [0.15, 0.2) is 0 Å². The molecule has 2 aliphatic heterocycles. The third kappa shape index (κ3) is 3.18. The maximum Gasteiger partial charge on any atom is 0.326 e. The van der Waals surface area contributed by atoms with E-state index in [0.29, 0.717) is 32.0 Å². The summed E-state index contributed by atoms with van der Waals surface area (Å²) >= 11 is 0. The molecule has 0 spiro atoms. The lowest BCUT2D eigenvalue weighted by atomic mass is 9.99. The smallest absolute Gasteiger partial charge is 0.326 e. The quantitative estimate of drug-likeness (QED) is 0.831. The van der Waals surface area contributed by atoms with E-state index in [1.165, 1.54) is 4.90 Å². The van der Waals surface area contributed by atoms with Crippen molar-refractivity contribution in [2.45, 2.75) is 31.7 Å². The van der Waals surface area contributed by atoms with Gasteiger partial charge in [0.25, 0.3) is 0 Å².